The van der Waals surface area contributed by atoms with Crippen molar-refractivity contribution < 1.29 is 27.4 Å². The first-order chi connectivity index (χ1) is 21.3. The van der Waals surface area contributed by atoms with Gasteiger partial charge in [0.15, 0.2) is 11.9 Å². The Morgan fingerprint density at radius 1 is 1.11 bits per heavy atom. The van der Waals surface area contributed by atoms with Gasteiger partial charge in [-0.25, -0.2) is 22.4 Å². The van der Waals surface area contributed by atoms with Crippen molar-refractivity contribution in [2.45, 2.75) is 49.5 Å². The molecule has 4 aromatic heterocycles. The van der Waals surface area contributed by atoms with Crippen LogP contribution in [0.25, 0.3) is 32.7 Å². The fourth-order valence-corrected chi connectivity index (χ4v) is 8.54. The van der Waals surface area contributed by atoms with Gasteiger partial charge in [0.2, 0.25) is 0 Å². The predicted octanol–water partition coefficient (Wildman–Crippen LogP) is 5.59. The number of thiazole rings is 1. The number of aryl methyl sites for hydroxylation is 1. The predicted molar refractivity (Wildman–Crippen MR) is 165 cm³/mol. The zero-order chi connectivity index (χ0) is 30.5. The highest BCUT2D eigenvalue weighted by molar-refractivity contribution is 7.90. The van der Waals surface area contributed by atoms with Gasteiger partial charge in [0.25, 0.3) is 10.0 Å². The van der Waals surface area contributed by atoms with Crippen molar-refractivity contribution in [1.29, 1.82) is 0 Å². The lowest BCUT2D eigenvalue weighted by Crippen LogP contribution is -2.37. The molecule has 0 N–H and O–H groups in total. The molecule has 230 valence electrons. The van der Waals surface area contributed by atoms with E-state index in [2.05, 4.69) is 10.1 Å². The summed E-state index contributed by atoms with van der Waals surface area (Å²) >= 11 is 8.29. The zero-order valence-corrected chi connectivity index (χ0v) is 26.5. The van der Waals surface area contributed by atoms with Gasteiger partial charge in [0.1, 0.15) is 17.4 Å². The quantitative estimate of drug-likeness (QED) is 0.177. The third-order valence-electron chi connectivity index (χ3n) is 8.01. The third-order valence-corrected chi connectivity index (χ3v) is 11.2. The van der Waals surface area contributed by atoms with Crippen LogP contribution in [0.4, 0.5) is 0 Å². The third kappa shape index (κ3) is 5.15. The second-order valence-electron chi connectivity index (χ2n) is 10.9. The van der Waals surface area contributed by atoms with Crippen LogP contribution in [0.5, 0.6) is 0 Å². The maximum atomic E-state index is 14.3. The largest absolute Gasteiger partial charge is 0.359 e. The first-order valence-corrected chi connectivity index (χ1v) is 16.8. The van der Waals surface area contributed by atoms with Gasteiger partial charge in [-0.3, -0.25) is 4.68 Å². The number of aromatic nitrogens is 5. The van der Waals surface area contributed by atoms with Crippen LogP contribution in [-0.2, 0) is 41.1 Å². The van der Waals surface area contributed by atoms with E-state index in [-0.39, 0.29) is 17.3 Å². The molecule has 2 fully saturated rings. The lowest BCUT2D eigenvalue weighted by Gasteiger charge is -2.39. The zero-order valence-electron chi connectivity index (χ0n) is 24.1. The summed E-state index contributed by atoms with van der Waals surface area (Å²) in [5.74, 6) is 0. The van der Waals surface area contributed by atoms with E-state index in [0.717, 1.165) is 34.7 Å². The van der Waals surface area contributed by atoms with E-state index < -0.39 is 21.9 Å². The fourth-order valence-electron chi connectivity index (χ4n) is 5.56. The minimum Gasteiger partial charge on any atom is -0.359 e. The Morgan fingerprint density at radius 2 is 1.89 bits per heavy atom. The van der Waals surface area contributed by atoms with Gasteiger partial charge >= 0.3 is 0 Å². The van der Waals surface area contributed by atoms with Crippen molar-refractivity contribution in [1.82, 2.24) is 23.7 Å². The summed E-state index contributed by atoms with van der Waals surface area (Å²) in [5.41, 5.74) is 2.35. The van der Waals surface area contributed by atoms with Crippen LogP contribution >= 0.6 is 22.9 Å². The van der Waals surface area contributed by atoms with Gasteiger partial charge in [0.05, 0.1) is 46.4 Å². The Balaban J connectivity index is 1.38. The van der Waals surface area contributed by atoms with Crippen LogP contribution in [0.2, 0.25) is 5.02 Å². The number of pyridine rings is 1. The van der Waals surface area contributed by atoms with Crippen molar-refractivity contribution >= 4 is 44.0 Å². The lowest BCUT2D eigenvalue weighted by molar-refractivity contribution is -0.171. The van der Waals surface area contributed by atoms with Gasteiger partial charge in [-0.2, -0.15) is 5.10 Å². The van der Waals surface area contributed by atoms with Crippen molar-refractivity contribution in [3.8, 4) is 21.7 Å². The molecule has 1 aliphatic heterocycles. The summed E-state index contributed by atoms with van der Waals surface area (Å²) in [6, 6.07) is 8.55. The molecule has 0 unspecified atom stereocenters. The smallest absolute Gasteiger partial charge is 0.269 e. The number of benzene rings is 1. The summed E-state index contributed by atoms with van der Waals surface area (Å²) < 4.78 is 53.9. The van der Waals surface area contributed by atoms with Gasteiger partial charge < -0.3 is 18.9 Å². The normalized spacial score (nSPS) is 17.0. The van der Waals surface area contributed by atoms with Crippen LogP contribution in [0.3, 0.4) is 0 Å². The maximum Gasteiger partial charge on any atom is 0.269 e. The second-order valence-corrected chi connectivity index (χ2v) is 14.1. The van der Waals surface area contributed by atoms with Crippen molar-refractivity contribution in [3.05, 3.63) is 70.7 Å². The summed E-state index contributed by atoms with van der Waals surface area (Å²) in [6.45, 7) is 3.50. The van der Waals surface area contributed by atoms with E-state index in [4.69, 9.17) is 35.5 Å². The molecule has 1 aliphatic carbocycles. The monoisotopic (exact) mass is 655 g/mol. The number of rotatable bonds is 10. The number of hydrogen-bond donors (Lipinski definition) is 0. The average molecular weight is 656 g/mol. The Labute approximate surface area is 263 Å². The molecule has 1 saturated heterocycles. The molecule has 0 spiro atoms. The second kappa shape index (κ2) is 11.6. The molecule has 0 amide bonds. The minimum atomic E-state index is -4.09. The van der Waals surface area contributed by atoms with Crippen LogP contribution in [0.1, 0.15) is 29.8 Å². The highest BCUT2D eigenvalue weighted by Crippen LogP contribution is 2.49. The Kier molecular flexibility index (Phi) is 7.81. The highest BCUT2D eigenvalue weighted by atomic mass is 35.5. The fraction of sp³-hybridized carbons (Fsp3) is 0.367. The highest BCUT2D eigenvalue weighted by Gasteiger charge is 2.43. The maximum absolute atomic E-state index is 14.3. The molecule has 0 bridgehead atoms. The number of hydrogen-bond acceptors (Lipinski definition) is 10. The SMILES string of the molecule is COCOC1(c2ncc(-c3c(Cl)cnc4c3cc(-c3cnn(CC5OCCO5)c3)n4S(=O)(=O)c3ccc(C)cc3)s2)CCC1. The summed E-state index contributed by atoms with van der Waals surface area (Å²) in [6.07, 6.45) is 8.98. The molecular formula is C30H30ClN5O6S2. The molecular weight excluding hydrogens is 626 g/mol. The lowest BCUT2D eigenvalue weighted by atomic mass is 9.80. The van der Waals surface area contributed by atoms with Gasteiger partial charge in [-0.1, -0.05) is 29.3 Å². The molecule has 1 aromatic carbocycles. The van der Waals surface area contributed by atoms with Crippen LogP contribution in [-0.4, -0.2) is 65.5 Å². The molecule has 1 saturated carbocycles. The molecule has 14 heteroatoms. The Hall–Kier alpha value is -3.17. The number of fused-ring (bicyclic) bond motifs is 1. The molecule has 0 atom stereocenters. The van der Waals surface area contributed by atoms with Crippen molar-refractivity contribution in [2.24, 2.45) is 0 Å². The Bertz CT molecular complexity index is 1920. The molecule has 5 heterocycles. The number of methoxy groups -OCH3 is 1. The van der Waals surface area contributed by atoms with Gasteiger partial charge in [-0.05, 0) is 44.4 Å². The molecule has 44 heavy (non-hydrogen) atoms. The summed E-state index contributed by atoms with van der Waals surface area (Å²) in [5, 5.41) is 6.27. The summed E-state index contributed by atoms with van der Waals surface area (Å²) in [7, 11) is -2.49. The van der Waals surface area contributed by atoms with E-state index in [0.29, 0.717) is 47.0 Å². The molecule has 0 radical (unpaired) electrons. The van der Waals surface area contributed by atoms with E-state index in [1.165, 1.54) is 21.5 Å². The molecule has 2 aliphatic rings. The van der Waals surface area contributed by atoms with E-state index in [9.17, 15) is 8.42 Å². The standard InChI is InChI=1S/C30H30ClN5O6S2/c1-19-4-6-21(7-5-19)44(37,38)36-24(20-13-34-35(16-20)17-26-40-10-11-41-26)12-22-27(23(31)14-32-28(22)36)25-15-33-29(43-25)30(8-3-9-30)42-18-39-2/h4-7,12-16,26H,3,8-11,17-18H2,1-2H3. The van der Waals surface area contributed by atoms with Crippen molar-refractivity contribution in [3.63, 3.8) is 0 Å². The molecule has 11 nitrogen and oxygen atoms in total. The first kappa shape index (κ1) is 29.5. The Morgan fingerprint density at radius 3 is 2.59 bits per heavy atom. The number of ether oxygens (including phenoxy) is 4. The van der Waals surface area contributed by atoms with Gasteiger partial charge in [-0.15, -0.1) is 11.3 Å². The van der Waals surface area contributed by atoms with Gasteiger partial charge in [0, 0.05) is 42.2 Å². The number of halogens is 1. The molecule has 5 aromatic rings. The van der Waals surface area contributed by atoms with E-state index in [1.54, 1.807) is 60.7 Å². The average Bonchev–Trinajstić information content (AvgIpc) is 3.80. The minimum absolute atomic E-state index is 0.141. The van der Waals surface area contributed by atoms with Crippen LogP contribution in [0.15, 0.2) is 60.0 Å². The van der Waals surface area contributed by atoms with Crippen molar-refractivity contribution in [2.75, 3.05) is 27.1 Å². The van der Waals surface area contributed by atoms with Crippen LogP contribution < -0.4 is 0 Å². The molecule has 7 rings (SSSR count). The van der Waals surface area contributed by atoms with E-state index in [1.807, 2.05) is 6.92 Å². The van der Waals surface area contributed by atoms with Crippen LogP contribution in [0, 0.1) is 6.92 Å². The number of nitrogens with zero attached hydrogens (tertiary/aromatic N) is 5. The summed E-state index contributed by atoms with van der Waals surface area (Å²) in [4.78, 5) is 10.2. The first-order valence-electron chi connectivity index (χ1n) is 14.2. The topological polar surface area (TPSA) is 120 Å². The van der Waals surface area contributed by atoms with E-state index >= 15 is 0 Å².